The summed E-state index contributed by atoms with van der Waals surface area (Å²) in [5.41, 5.74) is 9.87. The second-order valence-electron chi connectivity index (χ2n) is 6.12. The summed E-state index contributed by atoms with van der Waals surface area (Å²) in [5, 5.41) is -0.462. The Kier molecular flexibility index (Phi) is 6.26. The Morgan fingerprint density at radius 3 is 2.44 bits per heavy atom. The number of hydrogen-bond acceptors (Lipinski definition) is 3. The minimum Gasteiger partial charge on any atom is -0.397 e. The smallest absolute Gasteiger partial charge is 0.235 e. The van der Waals surface area contributed by atoms with Gasteiger partial charge in [0.05, 0.1) is 16.6 Å². The molecule has 2 rings (SSSR count). The largest absolute Gasteiger partial charge is 0.397 e. The third-order valence-corrected chi connectivity index (χ3v) is 6.01. The van der Waals surface area contributed by atoms with Gasteiger partial charge in [-0.1, -0.05) is 55.8 Å². The molecule has 1 atom stereocenters. The summed E-state index contributed by atoms with van der Waals surface area (Å²) in [7, 11) is -3.46. The van der Waals surface area contributed by atoms with Crippen molar-refractivity contribution < 1.29 is 8.42 Å². The van der Waals surface area contributed by atoms with Gasteiger partial charge in [0.2, 0.25) is 10.0 Å². The van der Waals surface area contributed by atoms with Crippen LogP contribution in [0.2, 0.25) is 0 Å². The molecule has 0 aliphatic carbocycles. The van der Waals surface area contributed by atoms with Crippen molar-refractivity contribution >= 4 is 27.0 Å². The van der Waals surface area contributed by atoms with E-state index in [1.165, 1.54) is 0 Å². The molecule has 134 valence electrons. The molecule has 0 fully saturated rings. The molecule has 4 nitrogen and oxygen atoms in total. The Bertz CT molecular complexity index is 843. The lowest BCUT2D eigenvalue weighted by Gasteiger charge is -2.17. The van der Waals surface area contributed by atoms with Gasteiger partial charge in [-0.25, -0.2) is 8.42 Å². The lowest BCUT2D eigenvalue weighted by Crippen LogP contribution is -2.25. The highest BCUT2D eigenvalue weighted by Gasteiger charge is 2.21. The average Bonchev–Trinajstić information content (AvgIpc) is 2.59. The minimum atomic E-state index is -3.46. The van der Waals surface area contributed by atoms with E-state index in [0.29, 0.717) is 17.8 Å². The van der Waals surface area contributed by atoms with Crippen molar-refractivity contribution in [2.75, 3.05) is 10.5 Å². The van der Waals surface area contributed by atoms with Crippen molar-refractivity contribution in [2.45, 2.75) is 38.9 Å². The summed E-state index contributed by atoms with van der Waals surface area (Å²) in [6.45, 7) is 5.65. The van der Waals surface area contributed by atoms with Crippen molar-refractivity contribution in [3.63, 3.8) is 0 Å². The van der Waals surface area contributed by atoms with Crippen LogP contribution in [0.1, 0.15) is 44.7 Å². The predicted octanol–water partition coefficient (Wildman–Crippen LogP) is 4.65. The Morgan fingerprint density at radius 1 is 1.16 bits per heavy atom. The first kappa shape index (κ1) is 19.1. The summed E-state index contributed by atoms with van der Waals surface area (Å²) in [6, 6.07) is 15.4. The number of nitrogens with one attached hydrogen (secondary N) is 1. The number of nitrogens with two attached hydrogens (primary N) is 1. The monoisotopic (exact) mass is 358 g/mol. The molecule has 0 bridgehead atoms. The standard InChI is InChI=1S/C20H26N2O2S/c1-4-9-15(3)25(23,24)22-20-14-17(12-13-19(20)21)18(5-2)16-10-7-6-8-11-16/h5-8,10-15,22H,4,9,21H2,1-3H3/b18-5-. The average molecular weight is 359 g/mol. The molecule has 1 unspecified atom stereocenters. The first-order valence-electron chi connectivity index (χ1n) is 8.52. The predicted molar refractivity (Wildman–Crippen MR) is 107 cm³/mol. The Balaban J connectivity index is 2.38. The number of sulfonamides is 1. The Labute approximate surface area is 150 Å². The van der Waals surface area contributed by atoms with Crippen LogP contribution in [0, 0.1) is 0 Å². The van der Waals surface area contributed by atoms with Gasteiger partial charge in [-0.3, -0.25) is 4.72 Å². The number of nitrogen functional groups attached to an aromatic ring is 1. The van der Waals surface area contributed by atoms with Crippen LogP contribution >= 0.6 is 0 Å². The number of allylic oxidation sites excluding steroid dienone is 1. The zero-order chi connectivity index (χ0) is 18.4. The lowest BCUT2D eigenvalue weighted by atomic mass is 9.97. The fourth-order valence-corrected chi connectivity index (χ4v) is 3.98. The molecule has 0 radical (unpaired) electrons. The molecule has 0 saturated carbocycles. The van der Waals surface area contributed by atoms with E-state index in [1.807, 2.05) is 56.3 Å². The van der Waals surface area contributed by atoms with Crippen molar-refractivity contribution in [3.8, 4) is 0 Å². The van der Waals surface area contributed by atoms with Gasteiger partial charge in [0.1, 0.15) is 0 Å². The molecular formula is C20H26N2O2S. The fourth-order valence-electron chi connectivity index (χ4n) is 2.75. The zero-order valence-corrected chi connectivity index (χ0v) is 15.8. The third-order valence-electron chi connectivity index (χ3n) is 4.21. The number of hydrogen-bond donors (Lipinski definition) is 2. The van der Waals surface area contributed by atoms with Crippen molar-refractivity contribution in [1.82, 2.24) is 0 Å². The summed E-state index contributed by atoms with van der Waals surface area (Å²) in [6.07, 6.45) is 3.44. The number of rotatable bonds is 7. The van der Waals surface area contributed by atoms with E-state index in [1.54, 1.807) is 19.1 Å². The molecule has 0 amide bonds. The molecule has 3 N–H and O–H groups in total. The molecule has 0 aliphatic heterocycles. The van der Waals surface area contributed by atoms with E-state index >= 15 is 0 Å². The summed E-state index contributed by atoms with van der Waals surface area (Å²) >= 11 is 0. The van der Waals surface area contributed by atoms with Gasteiger partial charge in [-0.05, 0) is 49.1 Å². The van der Waals surface area contributed by atoms with Gasteiger partial charge in [0, 0.05) is 0 Å². The maximum atomic E-state index is 12.5. The highest BCUT2D eigenvalue weighted by atomic mass is 32.2. The van der Waals surface area contributed by atoms with E-state index in [0.717, 1.165) is 23.1 Å². The quantitative estimate of drug-likeness (QED) is 0.708. The molecule has 25 heavy (non-hydrogen) atoms. The second-order valence-corrected chi connectivity index (χ2v) is 8.22. The van der Waals surface area contributed by atoms with Crippen molar-refractivity contribution in [1.29, 1.82) is 0 Å². The lowest BCUT2D eigenvalue weighted by molar-refractivity contribution is 0.581. The van der Waals surface area contributed by atoms with Crippen LogP contribution in [0.25, 0.3) is 5.57 Å². The third kappa shape index (κ3) is 4.63. The molecular weight excluding hydrogens is 332 g/mol. The van der Waals surface area contributed by atoms with Crippen LogP contribution in [0.5, 0.6) is 0 Å². The van der Waals surface area contributed by atoms with Gasteiger partial charge < -0.3 is 5.73 Å². The maximum Gasteiger partial charge on any atom is 0.235 e. The van der Waals surface area contributed by atoms with Crippen LogP contribution in [0.4, 0.5) is 11.4 Å². The van der Waals surface area contributed by atoms with E-state index in [-0.39, 0.29) is 0 Å². The maximum absolute atomic E-state index is 12.5. The molecule has 0 heterocycles. The second kappa shape index (κ2) is 8.21. The van der Waals surface area contributed by atoms with Gasteiger partial charge in [-0.15, -0.1) is 0 Å². The molecule has 0 saturated heterocycles. The van der Waals surface area contributed by atoms with E-state index in [4.69, 9.17) is 5.73 Å². The summed E-state index contributed by atoms with van der Waals surface area (Å²) < 4.78 is 27.6. The Morgan fingerprint density at radius 2 is 1.84 bits per heavy atom. The van der Waals surface area contributed by atoms with Crippen LogP contribution in [-0.4, -0.2) is 13.7 Å². The fraction of sp³-hybridized carbons (Fsp3) is 0.300. The highest BCUT2D eigenvalue weighted by Crippen LogP contribution is 2.29. The summed E-state index contributed by atoms with van der Waals surface area (Å²) in [4.78, 5) is 0. The van der Waals surface area contributed by atoms with Crippen LogP contribution < -0.4 is 10.5 Å². The molecule has 2 aromatic carbocycles. The van der Waals surface area contributed by atoms with Crippen LogP contribution in [0.3, 0.4) is 0 Å². The van der Waals surface area contributed by atoms with Gasteiger partial charge in [-0.2, -0.15) is 0 Å². The van der Waals surface area contributed by atoms with Crippen LogP contribution in [-0.2, 0) is 10.0 Å². The van der Waals surface area contributed by atoms with Crippen molar-refractivity contribution in [3.05, 3.63) is 65.7 Å². The number of anilines is 2. The number of benzene rings is 2. The summed E-state index contributed by atoms with van der Waals surface area (Å²) in [5.74, 6) is 0. The SMILES string of the molecule is C/C=C(/c1ccccc1)c1ccc(N)c(NS(=O)(=O)C(C)CCC)c1. The molecule has 0 spiro atoms. The molecule has 2 aromatic rings. The Hall–Kier alpha value is -2.27. The normalized spacial score (nSPS) is 13.5. The minimum absolute atomic E-state index is 0.416. The highest BCUT2D eigenvalue weighted by molar-refractivity contribution is 7.93. The molecule has 5 heteroatoms. The first-order valence-corrected chi connectivity index (χ1v) is 10.1. The molecule has 0 aromatic heterocycles. The zero-order valence-electron chi connectivity index (χ0n) is 15.0. The van der Waals surface area contributed by atoms with E-state index in [2.05, 4.69) is 4.72 Å². The van der Waals surface area contributed by atoms with Gasteiger partial charge in [0.25, 0.3) is 0 Å². The van der Waals surface area contributed by atoms with E-state index < -0.39 is 15.3 Å². The first-order chi connectivity index (χ1) is 11.9. The van der Waals surface area contributed by atoms with Crippen molar-refractivity contribution in [2.24, 2.45) is 0 Å². The van der Waals surface area contributed by atoms with Gasteiger partial charge in [0.15, 0.2) is 0 Å². The van der Waals surface area contributed by atoms with E-state index in [9.17, 15) is 8.42 Å². The van der Waals surface area contributed by atoms with Crippen LogP contribution in [0.15, 0.2) is 54.6 Å². The molecule has 0 aliphatic rings. The topological polar surface area (TPSA) is 72.2 Å². The van der Waals surface area contributed by atoms with Gasteiger partial charge >= 0.3 is 0 Å².